The third-order valence-electron chi connectivity index (χ3n) is 6.67. The molecule has 1 heterocycles. The first-order valence-electron chi connectivity index (χ1n) is 13.1. The van der Waals surface area contributed by atoms with Gasteiger partial charge in [-0.2, -0.15) is 18.5 Å². The van der Waals surface area contributed by atoms with Crippen LogP contribution in [0.1, 0.15) is 22.6 Å². The number of aliphatic imine (C=N–C) groups is 1. The summed E-state index contributed by atoms with van der Waals surface area (Å²) in [6, 6.07) is 32.7. The van der Waals surface area contributed by atoms with Gasteiger partial charge < -0.3 is 10.6 Å². The van der Waals surface area contributed by atoms with Gasteiger partial charge in [0.1, 0.15) is 0 Å². The summed E-state index contributed by atoms with van der Waals surface area (Å²) in [5.74, 6) is -0.281. The Morgan fingerprint density at radius 3 is 2.10 bits per heavy atom. The lowest BCUT2D eigenvalue weighted by atomic mass is 9.91. The number of nitrogens with zero attached hydrogens (tertiary/aromatic N) is 5. The normalized spacial score (nSPS) is 15.9. The van der Waals surface area contributed by atoms with Crippen LogP contribution in [-0.4, -0.2) is 49.5 Å². The zero-order valence-electron chi connectivity index (χ0n) is 22.7. The number of nitrogens with two attached hydrogens (primary N) is 1. The van der Waals surface area contributed by atoms with Crippen LogP contribution in [0.3, 0.4) is 0 Å². The minimum Gasteiger partial charge on any atom is -0.369 e. The van der Waals surface area contributed by atoms with Gasteiger partial charge in [-0.15, -0.1) is 4.40 Å². The lowest BCUT2D eigenvalue weighted by Crippen LogP contribution is -2.36. The van der Waals surface area contributed by atoms with Crippen LogP contribution in [0.25, 0.3) is 0 Å². The molecule has 0 saturated heterocycles. The molecule has 1 atom stereocenters. The van der Waals surface area contributed by atoms with E-state index in [-0.39, 0.29) is 29.3 Å². The summed E-state index contributed by atoms with van der Waals surface area (Å²) in [7, 11) is -2.42. The molecule has 42 heavy (non-hydrogen) atoms. The molecule has 5 rings (SSSR count). The van der Waals surface area contributed by atoms with Crippen molar-refractivity contribution in [2.24, 2.45) is 20.2 Å². The highest BCUT2D eigenvalue weighted by Gasteiger charge is 2.33. The van der Waals surface area contributed by atoms with Crippen molar-refractivity contribution in [2.45, 2.75) is 17.4 Å². The lowest BCUT2D eigenvalue weighted by Gasteiger charge is -2.20. The fourth-order valence-electron chi connectivity index (χ4n) is 4.47. The molecule has 1 unspecified atom stereocenters. The van der Waals surface area contributed by atoms with E-state index in [4.69, 9.17) is 34.0 Å². The van der Waals surface area contributed by atoms with Gasteiger partial charge in [-0.05, 0) is 53.1 Å². The smallest absolute Gasteiger partial charge is 0.285 e. The molecule has 0 radical (unpaired) electrons. The number of hydrogen-bond donors (Lipinski definition) is 1. The molecule has 0 bridgehead atoms. The van der Waals surface area contributed by atoms with Gasteiger partial charge in [0.05, 0.1) is 17.2 Å². The van der Waals surface area contributed by atoms with E-state index in [2.05, 4.69) is 9.39 Å². The summed E-state index contributed by atoms with van der Waals surface area (Å²) in [5, 5.41) is 7.33. The zero-order valence-corrected chi connectivity index (χ0v) is 25.0. The minimum absolute atomic E-state index is 0.0310. The van der Waals surface area contributed by atoms with Gasteiger partial charge in [-0.3, -0.25) is 0 Å². The van der Waals surface area contributed by atoms with Crippen molar-refractivity contribution in [3.8, 4) is 0 Å². The first kappa shape index (κ1) is 29.3. The highest BCUT2D eigenvalue weighted by atomic mass is 35.5. The maximum absolute atomic E-state index is 13.4. The highest BCUT2D eigenvalue weighted by Crippen LogP contribution is 2.30. The molecule has 0 fully saturated rings. The predicted molar refractivity (Wildman–Crippen MR) is 169 cm³/mol. The van der Waals surface area contributed by atoms with Gasteiger partial charge in [-0.1, -0.05) is 96.0 Å². The number of hydrazone groups is 1. The Morgan fingerprint density at radius 2 is 1.48 bits per heavy atom. The van der Waals surface area contributed by atoms with Crippen molar-refractivity contribution < 1.29 is 8.42 Å². The summed E-state index contributed by atoms with van der Waals surface area (Å²) >= 11 is 12.1. The topological polar surface area (TPSA) is 104 Å². The molecule has 1 aliphatic rings. The maximum atomic E-state index is 13.4. The Balaban J connectivity index is 1.58. The first-order chi connectivity index (χ1) is 20.2. The fraction of sp³-hybridized carbons (Fsp3) is 0.129. The molecule has 0 amide bonds. The molecular formula is C31H28Cl2N6O2S. The number of halogens is 2. The van der Waals surface area contributed by atoms with Crippen LogP contribution in [0.15, 0.2) is 129 Å². The molecule has 0 saturated carbocycles. The van der Waals surface area contributed by atoms with Gasteiger partial charge in [0.2, 0.25) is 0 Å². The van der Waals surface area contributed by atoms with Crippen molar-refractivity contribution >= 4 is 50.9 Å². The van der Waals surface area contributed by atoms with Gasteiger partial charge in [0.15, 0.2) is 5.96 Å². The van der Waals surface area contributed by atoms with Crippen molar-refractivity contribution in [1.82, 2.24) is 9.91 Å². The second kappa shape index (κ2) is 12.8. The molecule has 4 aromatic rings. The number of guanidine groups is 2. The average molecular weight is 620 g/mol. The Morgan fingerprint density at radius 1 is 0.905 bits per heavy atom. The van der Waals surface area contributed by atoms with Crippen LogP contribution < -0.4 is 5.73 Å². The highest BCUT2D eigenvalue weighted by molar-refractivity contribution is 7.90. The third kappa shape index (κ3) is 6.99. The van der Waals surface area contributed by atoms with Crippen LogP contribution in [0.4, 0.5) is 0 Å². The molecule has 2 N–H and O–H groups in total. The molecule has 11 heteroatoms. The Bertz CT molecular complexity index is 1730. The Labute approximate surface area is 255 Å². The van der Waals surface area contributed by atoms with E-state index in [9.17, 15) is 8.42 Å². The van der Waals surface area contributed by atoms with E-state index in [1.165, 1.54) is 29.3 Å². The van der Waals surface area contributed by atoms with E-state index >= 15 is 0 Å². The molecule has 4 aromatic carbocycles. The predicted octanol–water partition coefficient (Wildman–Crippen LogP) is 5.99. The molecule has 0 aliphatic carbocycles. The van der Waals surface area contributed by atoms with Gasteiger partial charge in [0, 0.05) is 29.6 Å². The van der Waals surface area contributed by atoms with Crippen molar-refractivity contribution in [2.75, 3.05) is 13.6 Å². The summed E-state index contributed by atoms with van der Waals surface area (Å²) in [5.41, 5.74) is 10.00. The van der Waals surface area contributed by atoms with E-state index in [1.54, 1.807) is 24.1 Å². The molecule has 214 valence electrons. The molecule has 1 aliphatic heterocycles. The SMILES string of the molecule is CN(Cc1ccccc1)/C(N)=N/C(=N/S(=O)(=O)c1ccc(Cl)cc1)N1CC(c2ccccc2)C(c2ccc(Cl)cc2)=N1. The lowest BCUT2D eigenvalue weighted by molar-refractivity contribution is 0.464. The molecule has 8 nitrogen and oxygen atoms in total. The van der Waals surface area contributed by atoms with Crippen LogP contribution >= 0.6 is 23.2 Å². The van der Waals surface area contributed by atoms with E-state index in [1.807, 2.05) is 72.8 Å². The molecular weight excluding hydrogens is 591 g/mol. The minimum atomic E-state index is -4.19. The summed E-state index contributed by atoms with van der Waals surface area (Å²) < 4.78 is 31.0. The van der Waals surface area contributed by atoms with Gasteiger partial charge in [0.25, 0.3) is 16.0 Å². The van der Waals surface area contributed by atoms with Crippen molar-refractivity contribution in [1.29, 1.82) is 0 Å². The first-order valence-corrected chi connectivity index (χ1v) is 15.3. The second-order valence-corrected chi connectivity index (χ2v) is 12.1. The van der Waals surface area contributed by atoms with E-state index in [0.29, 0.717) is 16.6 Å². The third-order valence-corrected chi connectivity index (χ3v) is 8.44. The van der Waals surface area contributed by atoms with Gasteiger partial charge in [-0.25, -0.2) is 5.01 Å². The zero-order chi connectivity index (χ0) is 29.7. The van der Waals surface area contributed by atoms with Crippen LogP contribution in [-0.2, 0) is 16.6 Å². The number of rotatable bonds is 6. The van der Waals surface area contributed by atoms with Crippen molar-refractivity contribution in [3.05, 3.63) is 136 Å². The summed E-state index contributed by atoms with van der Waals surface area (Å²) in [4.78, 5) is 6.20. The Kier molecular flexibility index (Phi) is 8.91. The number of benzene rings is 4. The summed E-state index contributed by atoms with van der Waals surface area (Å²) in [6.07, 6.45) is 0. The monoisotopic (exact) mass is 618 g/mol. The van der Waals surface area contributed by atoms with Crippen LogP contribution in [0, 0.1) is 0 Å². The largest absolute Gasteiger partial charge is 0.369 e. The molecule has 0 aromatic heterocycles. The fourth-order valence-corrected chi connectivity index (χ4v) is 5.66. The number of hydrogen-bond acceptors (Lipinski definition) is 3. The quantitative estimate of drug-likeness (QED) is 0.211. The summed E-state index contributed by atoms with van der Waals surface area (Å²) in [6.45, 7) is 0.745. The standard InChI is InChI=1S/C31H28Cl2N6O2S/c1-38(20-22-8-4-2-5-9-22)30(34)35-31(37-42(40,41)27-18-16-26(33)17-19-27)39-21-28(23-10-6-3-7-11-23)29(36-39)24-12-14-25(32)15-13-24/h2-19,28H,20-21H2,1H3,(H2,34,35,37). The average Bonchev–Trinajstić information content (AvgIpc) is 3.44. The Hall–Kier alpha value is -4.18. The number of sulfonamides is 1. The maximum Gasteiger partial charge on any atom is 0.285 e. The van der Waals surface area contributed by atoms with Gasteiger partial charge >= 0.3 is 0 Å². The van der Waals surface area contributed by atoms with Crippen molar-refractivity contribution in [3.63, 3.8) is 0 Å². The second-order valence-electron chi connectivity index (χ2n) is 9.67. The van der Waals surface area contributed by atoms with Crippen LogP contribution in [0.5, 0.6) is 0 Å². The molecule has 0 spiro atoms. The van der Waals surface area contributed by atoms with E-state index < -0.39 is 10.0 Å². The van der Waals surface area contributed by atoms with Crippen LogP contribution in [0.2, 0.25) is 10.0 Å². The van der Waals surface area contributed by atoms with E-state index in [0.717, 1.165) is 22.4 Å².